The van der Waals surface area contributed by atoms with Crippen molar-refractivity contribution in [3.05, 3.63) is 35.9 Å². The first-order chi connectivity index (χ1) is 11.3. The van der Waals surface area contributed by atoms with E-state index < -0.39 is 5.60 Å². The summed E-state index contributed by atoms with van der Waals surface area (Å²) in [6, 6.07) is 10.7. The van der Waals surface area contributed by atoms with Crippen LogP contribution in [-0.4, -0.2) is 35.7 Å². The second-order valence-corrected chi connectivity index (χ2v) is 8.56. The molecule has 1 spiro atoms. The molecule has 3 rings (SSSR count). The molecule has 0 aromatic heterocycles. The zero-order valence-corrected chi connectivity index (χ0v) is 15.3. The summed E-state index contributed by atoms with van der Waals surface area (Å²) in [7, 11) is 0. The summed E-state index contributed by atoms with van der Waals surface area (Å²) < 4.78 is 5.46. The highest BCUT2D eigenvalue weighted by atomic mass is 16.6. The average molecular weight is 330 g/mol. The summed E-state index contributed by atoms with van der Waals surface area (Å²) in [6.07, 6.45) is 2.24. The molecule has 1 saturated carbocycles. The van der Waals surface area contributed by atoms with Crippen LogP contribution >= 0.6 is 0 Å². The van der Waals surface area contributed by atoms with E-state index >= 15 is 0 Å². The van der Waals surface area contributed by atoms with E-state index in [2.05, 4.69) is 47.5 Å². The first-order valence-electron chi connectivity index (χ1n) is 9.03. The Balaban J connectivity index is 1.66. The quantitative estimate of drug-likeness (QED) is 0.916. The fourth-order valence-corrected chi connectivity index (χ4v) is 3.88. The van der Waals surface area contributed by atoms with Gasteiger partial charge in [-0.1, -0.05) is 37.3 Å². The highest BCUT2D eigenvalue weighted by Crippen LogP contribution is 2.55. The number of nitrogens with zero attached hydrogens (tertiary/aromatic N) is 1. The summed E-state index contributed by atoms with van der Waals surface area (Å²) in [6.45, 7) is 11.0. The van der Waals surface area contributed by atoms with Crippen LogP contribution < -0.4 is 5.32 Å². The van der Waals surface area contributed by atoms with E-state index in [0.29, 0.717) is 11.3 Å². The van der Waals surface area contributed by atoms with Gasteiger partial charge in [0.15, 0.2) is 0 Å². The minimum Gasteiger partial charge on any atom is -0.444 e. The van der Waals surface area contributed by atoms with Gasteiger partial charge in [-0.05, 0) is 50.5 Å². The minimum atomic E-state index is -0.455. The number of likely N-dealkylation sites (tertiary alicyclic amines) is 1. The van der Waals surface area contributed by atoms with Gasteiger partial charge in [0, 0.05) is 25.7 Å². The Morgan fingerprint density at radius 1 is 1.29 bits per heavy atom. The number of benzene rings is 1. The summed E-state index contributed by atoms with van der Waals surface area (Å²) in [4.78, 5) is 14.7. The topological polar surface area (TPSA) is 41.6 Å². The maximum Gasteiger partial charge on any atom is 0.407 e. The molecule has 4 nitrogen and oxygen atoms in total. The molecule has 2 aliphatic rings. The molecule has 1 aliphatic heterocycles. The van der Waals surface area contributed by atoms with E-state index in [1.807, 2.05) is 20.8 Å². The number of hydrogen-bond donors (Lipinski definition) is 1. The third-order valence-electron chi connectivity index (χ3n) is 5.41. The Hall–Kier alpha value is -1.55. The highest BCUT2D eigenvalue weighted by Gasteiger charge is 2.54. The third kappa shape index (κ3) is 4.10. The monoisotopic (exact) mass is 330 g/mol. The molecular weight excluding hydrogens is 300 g/mol. The molecule has 24 heavy (non-hydrogen) atoms. The number of nitrogens with one attached hydrogen (secondary N) is 1. The molecule has 1 N–H and O–H groups in total. The lowest BCUT2D eigenvalue weighted by molar-refractivity contribution is 0.0320. The summed E-state index contributed by atoms with van der Waals surface area (Å²) >= 11 is 0. The van der Waals surface area contributed by atoms with Crippen LogP contribution in [-0.2, 0) is 11.3 Å². The van der Waals surface area contributed by atoms with Gasteiger partial charge in [0.25, 0.3) is 0 Å². The van der Waals surface area contributed by atoms with Gasteiger partial charge in [-0.3, -0.25) is 4.90 Å². The lowest BCUT2D eigenvalue weighted by atomic mass is 9.80. The molecule has 1 amide bonds. The van der Waals surface area contributed by atoms with Gasteiger partial charge in [0.2, 0.25) is 0 Å². The molecule has 2 fully saturated rings. The minimum absolute atomic E-state index is 0.153. The Morgan fingerprint density at radius 2 is 1.96 bits per heavy atom. The van der Waals surface area contributed by atoms with Crippen molar-refractivity contribution in [1.82, 2.24) is 10.2 Å². The highest BCUT2D eigenvalue weighted by molar-refractivity contribution is 5.68. The third-order valence-corrected chi connectivity index (χ3v) is 5.41. The molecule has 1 unspecified atom stereocenters. The van der Waals surface area contributed by atoms with Gasteiger partial charge in [0.1, 0.15) is 5.60 Å². The zero-order chi connectivity index (χ0) is 17.4. The first kappa shape index (κ1) is 17.3. The molecule has 0 bridgehead atoms. The van der Waals surface area contributed by atoms with Crippen LogP contribution in [0.4, 0.5) is 4.79 Å². The molecule has 1 aromatic carbocycles. The van der Waals surface area contributed by atoms with Crippen LogP contribution in [0.25, 0.3) is 0 Å². The van der Waals surface area contributed by atoms with Crippen LogP contribution in [0.3, 0.4) is 0 Å². The number of rotatable bonds is 3. The number of carbonyl (C=O) groups is 1. The summed E-state index contributed by atoms with van der Waals surface area (Å²) in [5, 5.41) is 3.13. The molecular formula is C20H30N2O2. The number of hydrogen-bond acceptors (Lipinski definition) is 3. The number of ether oxygens (including phenoxy) is 1. The van der Waals surface area contributed by atoms with Crippen molar-refractivity contribution in [3.8, 4) is 0 Å². The van der Waals surface area contributed by atoms with Gasteiger partial charge in [0.05, 0.1) is 0 Å². The fraction of sp³-hybridized carbons (Fsp3) is 0.650. The van der Waals surface area contributed by atoms with Crippen LogP contribution in [0.15, 0.2) is 30.3 Å². The van der Waals surface area contributed by atoms with Crippen molar-refractivity contribution in [2.75, 3.05) is 13.1 Å². The van der Waals surface area contributed by atoms with E-state index in [9.17, 15) is 4.79 Å². The van der Waals surface area contributed by atoms with Crippen molar-refractivity contribution in [2.24, 2.45) is 11.3 Å². The Morgan fingerprint density at radius 3 is 2.54 bits per heavy atom. The molecule has 4 heteroatoms. The lowest BCUT2D eigenvalue weighted by Crippen LogP contribution is -2.56. The van der Waals surface area contributed by atoms with Crippen molar-refractivity contribution >= 4 is 6.09 Å². The molecule has 132 valence electrons. The predicted molar refractivity (Wildman–Crippen MR) is 95.7 cm³/mol. The maximum absolute atomic E-state index is 12.2. The molecule has 1 aromatic rings. The van der Waals surface area contributed by atoms with Crippen molar-refractivity contribution < 1.29 is 9.53 Å². The smallest absolute Gasteiger partial charge is 0.407 e. The van der Waals surface area contributed by atoms with Crippen molar-refractivity contribution in [1.29, 1.82) is 0 Å². The normalized spacial score (nSPS) is 26.2. The Kier molecular flexibility index (Phi) is 4.60. The largest absolute Gasteiger partial charge is 0.444 e. The first-order valence-corrected chi connectivity index (χ1v) is 9.03. The Bertz CT molecular complexity index is 575. The van der Waals surface area contributed by atoms with Crippen LogP contribution in [0.1, 0.15) is 46.1 Å². The standard InChI is InChI=1S/C20H30N2O2/c1-15-17(21-18(23)24-19(2,3)4)13-22(14-20(15)10-11-20)12-16-8-6-5-7-9-16/h5-9,15,17H,10-14H2,1-4H3,(H,21,23)/t15-,17?/m1/s1. The van der Waals surface area contributed by atoms with Crippen LogP contribution in [0.5, 0.6) is 0 Å². The number of carbonyl (C=O) groups excluding carboxylic acids is 1. The average Bonchev–Trinajstić information content (AvgIpc) is 3.24. The molecule has 0 radical (unpaired) electrons. The van der Waals surface area contributed by atoms with E-state index in [4.69, 9.17) is 4.74 Å². The lowest BCUT2D eigenvalue weighted by Gasteiger charge is -2.43. The van der Waals surface area contributed by atoms with E-state index in [0.717, 1.165) is 19.6 Å². The van der Waals surface area contributed by atoms with E-state index in [1.165, 1.54) is 18.4 Å². The van der Waals surface area contributed by atoms with Gasteiger partial charge >= 0.3 is 6.09 Å². The number of alkyl carbamates (subject to hydrolysis) is 1. The summed E-state index contributed by atoms with van der Waals surface area (Å²) in [5.41, 5.74) is 1.26. The second kappa shape index (κ2) is 6.40. The van der Waals surface area contributed by atoms with E-state index in [1.54, 1.807) is 0 Å². The van der Waals surface area contributed by atoms with Gasteiger partial charge in [-0.15, -0.1) is 0 Å². The number of amides is 1. The second-order valence-electron chi connectivity index (χ2n) is 8.56. The maximum atomic E-state index is 12.2. The van der Waals surface area contributed by atoms with E-state index in [-0.39, 0.29) is 12.1 Å². The van der Waals surface area contributed by atoms with Gasteiger partial charge < -0.3 is 10.1 Å². The van der Waals surface area contributed by atoms with Crippen LogP contribution in [0, 0.1) is 11.3 Å². The molecule has 1 heterocycles. The SMILES string of the molecule is C[C@@H]1C(NC(=O)OC(C)(C)C)CN(Cc2ccccc2)CC12CC2. The molecule has 1 aliphatic carbocycles. The Labute approximate surface area is 145 Å². The van der Waals surface area contributed by atoms with Gasteiger partial charge in [-0.2, -0.15) is 0 Å². The number of piperidine rings is 1. The molecule has 2 atom stereocenters. The van der Waals surface area contributed by atoms with Crippen LogP contribution in [0.2, 0.25) is 0 Å². The predicted octanol–water partition coefficient (Wildman–Crippen LogP) is 3.81. The fourth-order valence-electron chi connectivity index (χ4n) is 3.88. The zero-order valence-electron chi connectivity index (χ0n) is 15.3. The molecule has 1 saturated heterocycles. The summed E-state index contributed by atoms with van der Waals surface area (Å²) in [5.74, 6) is 0.497. The van der Waals surface area contributed by atoms with Gasteiger partial charge in [-0.25, -0.2) is 4.79 Å². The van der Waals surface area contributed by atoms with Crippen molar-refractivity contribution in [3.63, 3.8) is 0 Å². The van der Waals surface area contributed by atoms with Crippen molar-refractivity contribution in [2.45, 2.75) is 58.7 Å².